The Hall–Kier alpha value is -2.33. The fraction of sp³-hybridized carbons (Fsp3) is 0.500. The molecular weight excluding hydrogens is 372 g/mol. The molecular formula is C26H32N2O2. The first kappa shape index (κ1) is 19.6. The molecule has 1 amide bonds. The van der Waals surface area contributed by atoms with E-state index >= 15 is 0 Å². The number of fused-ring (bicyclic) bond motifs is 4. The Labute approximate surface area is 179 Å². The second-order valence-corrected chi connectivity index (χ2v) is 9.01. The maximum Gasteiger partial charge on any atom is 0.254 e. The molecule has 3 aliphatic rings. The molecule has 1 saturated heterocycles. The number of hydrogen-bond acceptors (Lipinski definition) is 3. The second kappa shape index (κ2) is 8.43. The highest BCUT2D eigenvalue weighted by molar-refractivity contribution is 5.98. The number of amides is 1. The zero-order chi connectivity index (χ0) is 20.5. The number of ether oxygens (including phenoxy) is 1. The minimum absolute atomic E-state index is 0.212. The van der Waals surface area contributed by atoms with Gasteiger partial charge in [0.1, 0.15) is 5.75 Å². The molecule has 5 rings (SSSR count). The summed E-state index contributed by atoms with van der Waals surface area (Å²) in [5, 5.41) is 0. The lowest BCUT2D eigenvalue weighted by molar-refractivity contribution is 0.0775. The van der Waals surface area contributed by atoms with Gasteiger partial charge in [0.05, 0.1) is 7.11 Å². The normalized spacial score (nSPS) is 22.7. The molecule has 0 N–H and O–H groups in total. The summed E-state index contributed by atoms with van der Waals surface area (Å²) in [6.07, 6.45) is 7.17. The highest BCUT2D eigenvalue weighted by Crippen LogP contribution is 2.44. The van der Waals surface area contributed by atoms with Crippen molar-refractivity contribution in [2.24, 2.45) is 0 Å². The van der Waals surface area contributed by atoms with E-state index in [4.69, 9.17) is 4.74 Å². The van der Waals surface area contributed by atoms with Crippen molar-refractivity contribution in [3.05, 3.63) is 64.7 Å². The fourth-order valence-electron chi connectivity index (χ4n) is 5.91. The third-order valence-electron chi connectivity index (χ3n) is 7.41. The van der Waals surface area contributed by atoms with Crippen LogP contribution in [-0.4, -0.2) is 48.5 Å². The van der Waals surface area contributed by atoms with Gasteiger partial charge in [0.25, 0.3) is 5.91 Å². The Kier molecular flexibility index (Phi) is 5.51. The molecule has 0 bridgehead atoms. The topological polar surface area (TPSA) is 32.8 Å². The SMILES string of the molecule is COc1cccc2c1CC[C@@H]1[C@H]2CCN1CCCCCN1Cc2ccccc2C1=O. The first-order valence-electron chi connectivity index (χ1n) is 11.5. The number of benzene rings is 2. The Morgan fingerprint density at radius 2 is 1.87 bits per heavy atom. The van der Waals surface area contributed by atoms with Crippen LogP contribution in [0.15, 0.2) is 42.5 Å². The van der Waals surface area contributed by atoms with E-state index in [9.17, 15) is 4.79 Å². The van der Waals surface area contributed by atoms with Crippen molar-refractivity contribution in [2.75, 3.05) is 26.7 Å². The molecule has 2 aliphatic heterocycles. The number of carbonyl (C=O) groups is 1. The van der Waals surface area contributed by atoms with Crippen molar-refractivity contribution in [1.82, 2.24) is 9.80 Å². The predicted octanol–water partition coefficient (Wildman–Crippen LogP) is 4.63. The monoisotopic (exact) mass is 404 g/mol. The summed E-state index contributed by atoms with van der Waals surface area (Å²) < 4.78 is 5.61. The van der Waals surface area contributed by atoms with E-state index in [1.807, 2.05) is 23.1 Å². The number of hydrogen-bond donors (Lipinski definition) is 0. The number of carbonyl (C=O) groups excluding carboxylic acids is 1. The van der Waals surface area contributed by atoms with Gasteiger partial charge in [-0.1, -0.05) is 36.8 Å². The molecule has 4 heteroatoms. The summed E-state index contributed by atoms with van der Waals surface area (Å²) in [6, 6.07) is 15.3. The van der Waals surface area contributed by atoms with Gasteiger partial charge in [-0.15, -0.1) is 0 Å². The van der Waals surface area contributed by atoms with Gasteiger partial charge in [0, 0.05) is 30.6 Å². The van der Waals surface area contributed by atoms with E-state index in [-0.39, 0.29) is 5.91 Å². The molecule has 2 heterocycles. The van der Waals surface area contributed by atoms with Crippen molar-refractivity contribution >= 4 is 5.91 Å². The summed E-state index contributed by atoms with van der Waals surface area (Å²) >= 11 is 0. The van der Waals surface area contributed by atoms with Gasteiger partial charge in [-0.05, 0) is 74.0 Å². The third kappa shape index (κ3) is 3.51. The van der Waals surface area contributed by atoms with Crippen LogP contribution in [-0.2, 0) is 13.0 Å². The van der Waals surface area contributed by atoms with Gasteiger partial charge in [0.15, 0.2) is 0 Å². The van der Waals surface area contributed by atoms with Crippen LogP contribution < -0.4 is 4.74 Å². The van der Waals surface area contributed by atoms with E-state index in [0.29, 0.717) is 12.0 Å². The fourth-order valence-corrected chi connectivity index (χ4v) is 5.91. The number of rotatable bonds is 7. The van der Waals surface area contributed by atoms with Crippen molar-refractivity contribution < 1.29 is 9.53 Å². The predicted molar refractivity (Wildman–Crippen MR) is 119 cm³/mol. The van der Waals surface area contributed by atoms with E-state index in [1.165, 1.54) is 55.5 Å². The summed E-state index contributed by atoms with van der Waals surface area (Å²) in [5.74, 6) is 1.96. The van der Waals surface area contributed by atoms with Crippen LogP contribution in [0.5, 0.6) is 5.75 Å². The average molecular weight is 405 g/mol. The lowest BCUT2D eigenvalue weighted by Crippen LogP contribution is -2.35. The molecule has 2 atom stereocenters. The molecule has 0 radical (unpaired) electrons. The van der Waals surface area contributed by atoms with Crippen molar-refractivity contribution in [2.45, 2.75) is 57.0 Å². The number of likely N-dealkylation sites (tertiary alicyclic amines) is 1. The van der Waals surface area contributed by atoms with Gasteiger partial charge in [0.2, 0.25) is 0 Å². The quantitative estimate of drug-likeness (QED) is 0.631. The first-order chi connectivity index (χ1) is 14.8. The minimum Gasteiger partial charge on any atom is -0.496 e. The molecule has 158 valence electrons. The summed E-state index contributed by atoms with van der Waals surface area (Å²) in [5.41, 5.74) is 5.05. The standard InChI is InChI=1S/C26H32N2O2/c1-30-25-11-7-10-21-22-14-17-27(24(22)13-12-23(21)25)15-5-2-6-16-28-18-19-8-3-4-9-20(19)26(28)29/h3-4,7-11,22,24H,2,5-6,12-18H2,1H3/t22-,24+/m0/s1. The molecule has 0 unspecified atom stereocenters. The minimum atomic E-state index is 0.212. The van der Waals surface area contributed by atoms with Crippen LogP contribution >= 0.6 is 0 Å². The third-order valence-corrected chi connectivity index (χ3v) is 7.41. The Bertz CT molecular complexity index is 925. The van der Waals surface area contributed by atoms with E-state index in [2.05, 4.69) is 29.2 Å². The lowest BCUT2D eigenvalue weighted by Gasteiger charge is -2.34. The van der Waals surface area contributed by atoms with Crippen LogP contribution in [0.25, 0.3) is 0 Å². The summed E-state index contributed by atoms with van der Waals surface area (Å²) in [4.78, 5) is 17.2. The lowest BCUT2D eigenvalue weighted by atomic mass is 9.79. The Morgan fingerprint density at radius 3 is 2.73 bits per heavy atom. The largest absolute Gasteiger partial charge is 0.496 e. The van der Waals surface area contributed by atoms with Crippen LogP contribution in [0, 0.1) is 0 Å². The molecule has 2 aromatic carbocycles. The smallest absolute Gasteiger partial charge is 0.254 e. The second-order valence-electron chi connectivity index (χ2n) is 9.01. The van der Waals surface area contributed by atoms with E-state index in [0.717, 1.165) is 37.2 Å². The maximum atomic E-state index is 12.5. The highest BCUT2D eigenvalue weighted by Gasteiger charge is 2.39. The molecule has 30 heavy (non-hydrogen) atoms. The van der Waals surface area contributed by atoms with Crippen LogP contribution in [0.2, 0.25) is 0 Å². The maximum absolute atomic E-state index is 12.5. The van der Waals surface area contributed by atoms with Crippen molar-refractivity contribution in [1.29, 1.82) is 0 Å². The molecule has 0 saturated carbocycles. The average Bonchev–Trinajstić information content (AvgIpc) is 3.34. The van der Waals surface area contributed by atoms with Gasteiger partial charge < -0.3 is 9.64 Å². The Morgan fingerprint density at radius 1 is 1.00 bits per heavy atom. The number of nitrogens with zero attached hydrogens (tertiary/aromatic N) is 2. The van der Waals surface area contributed by atoms with Gasteiger partial charge in [-0.2, -0.15) is 0 Å². The Balaban J connectivity index is 1.09. The zero-order valence-corrected chi connectivity index (χ0v) is 18.0. The molecule has 1 fully saturated rings. The molecule has 2 aromatic rings. The van der Waals surface area contributed by atoms with Crippen LogP contribution in [0.4, 0.5) is 0 Å². The van der Waals surface area contributed by atoms with Gasteiger partial charge in [-0.3, -0.25) is 9.69 Å². The van der Waals surface area contributed by atoms with E-state index in [1.54, 1.807) is 7.11 Å². The molecule has 1 aliphatic carbocycles. The highest BCUT2D eigenvalue weighted by atomic mass is 16.5. The van der Waals surface area contributed by atoms with Crippen molar-refractivity contribution in [3.8, 4) is 5.75 Å². The van der Waals surface area contributed by atoms with Crippen LogP contribution in [0.1, 0.15) is 65.1 Å². The number of methoxy groups -OCH3 is 1. The van der Waals surface area contributed by atoms with E-state index < -0.39 is 0 Å². The first-order valence-corrected chi connectivity index (χ1v) is 11.5. The van der Waals surface area contributed by atoms with Crippen molar-refractivity contribution in [3.63, 3.8) is 0 Å². The van der Waals surface area contributed by atoms with Gasteiger partial charge in [-0.25, -0.2) is 0 Å². The van der Waals surface area contributed by atoms with Gasteiger partial charge >= 0.3 is 0 Å². The summed E-state index contributed by atoms with van der Waals surface area (Å²) in [6.45, 7) is 4.07. The zero-order valence-electron chi connectivity index (χ0n) is 18.0. The molecule has 4 nitrogen and oxygen atoms in total. The number of unbranched alkanes of at least 4 members (excludes halogenated alkanes) is 2. The molecule has 0 aromatic heterocycles. The molecule has 0 spiro atoms. The summed E-state index contributed by atoms with van der Waals surface area (Å²) in [7, 11) is 1.79. The van der Waals surface area contributed by atoms with Crippen LogP contribution in [0.3, 0.4) is 0 Å².